The van der Waals surface area contributed by atoms with Crippen LogP contribution in [0.2, 0.25) is 0 Å². The number of hydrogen-bond acceptors (Lipinski definition) is 4. The minimum absolute atomic E-state index is 0.0201. The molecule has 0 saturated heterocycles. The lowest BCUT2D eigenvalue weighted by Gasteiger charge is -2.14. The van der Waals surface area contributed by atoms with Gasteiger partial charge in [0, 0.05) is 29.6 Å². The zero-order chi connectivity index (χ0) is 23.4. The number of nitrogens with zero attached hydrogens (tertiary/aromatic N) is 3. The van der Waals surface area contributed by atoms with Crippen LogP contribution in [0, 0.1) is 6.92 Å². The molecule has 0 aliphatic heterocycles. The van der Waals surface area contributed by atoms with Crippen molar-refractivity contribution in [3.05, 3.63) is 94.0 Å². The van der Waals surface area contributed by atoms with Crippen LogP contribution < -0.4 is 10.9 Å². The van der Waals surface area contributed by atoms with Crippen LogP contribution in [0.15, 0.2) is 71.8 Å². The van der Waals surface area contributed by atoms with Crippen LogP contribution in [0.4, 0.5) is 0 Å². The van der Waals surface area contributed by atoms with Crippen molar-refractivity contribution in [2.75, 3.05) is 0 Å². The predicted molar refractivity (Wildman–Crippen MR) is 128 cm³/mol. The largest absolute Gasteiger partial charge is 0.392 e. The number of aliphatic hydroxyl groups excluding tert-OH is 1. The summed E-state index contributed by atoms with van der Waals surface area (Å²) in [4.78, 5) is 25.7. The summed E-state index contributed by atoms with van der Waals surface area (Å²) in [6.45, 7) is 3.53. The van der Waals surface area contributed by atoms with Gasteiger partial charge in [0.2, 0.25) is 5.91 Å². The highest BCUT2D eigenvalue weighted by atomic mass is 16.3. The highest BCUT2D eigenvalue weighted by molar-refractivity contribution is 5.76. The maximum atomic E-state index is 13.1. The van der Waals surface area contributed by atoms with Crippen molar-refractivity contribution in [1.29, 1.82) is 0 Å². The molecule has 2 heterocycles. The molecule has 2 aromatic carbocycles. The van der Waals surface area contributed by atoms with Gasteiger partial charge in [0.1, 0.15) is 12.1 Å². The summed E-state index contributed by atoms with van der Waals surface area (Å²) >= 11 is 0. The molecule has 0 saturated carbocycles. The van der Waals surface area contributed by atoms with Crippen molar-refractivity contribution in [3.8, 4) is 11.3 Å². The first-order chi connectivity index (χ1) is 16.0. The van der Waals surface area contributed by atoms with Crippen molar-refractivity contribution in [3.63, 3.8) is 0 Å². The van der Waals surface area contributed by atoms with Gasteiger partial charge < -0.3 is 15.0 Å². The van der Waals surface area contributed by atoms with Gasteiger partial charge in [-0.05, 0) is 32.3 Å². The molecule has 0 bridgehead atoms. The smallest absolute Gasteiger partial charge is 0.277 e. The molecule has 0 unspecified atom stereocenters. The van der Waals surface area contributed by atoms with E-state index in [2.05, 4.69) is 22.5 Å². The monoisotopic (exact) mass is 444 g/mol. The van der Waals surface area contributed by atoms with E-state index in [9.17, 15) is 14.7 Å². The topological polar surface area (TPSA) is 88.6 Å². The second-order valence-corrected chi connectivity index (χ2v) is 8.37. The normalized spacial score (nSPS) is 12.1. The van der Waals surface area contributed by atoms with Crippen LogP contribution in [0.3, 0.4) is 0 Å². The number of amides is 1. The predicted octanol–water partition coefficient (Wildman–Crippen LogP) is 3.10. The Labute approximate surface area is 192 Å². The van der Waals surface area contributed by atoms with Crippen LogP contribution in [0.1, 0.15) is 30.0 Å². The summed E-state index contributed by atoms with van der Waals surface area (Å²) in [6, 6.07) is 17.9. The van der Waals surface area contributed by atoms with Gasteiger partial charge in [-0.1, -0.05) is 60.2 Å². The average molecular weight is 445 g/mol. The standard InChI is InChI=1S/C26H28N4O3/c1-18-8-12-21(13-9-18)24-22(17-31)25-26(33)29(14-15-30(25)28-24)16-23(32)27-19(2)10-11-20-6-4-3-5-7-20/h3-9,12-15,19,31H,10-11,16-17H2,1-2H3,(H,27,32)/t19-/m0/s1. The van der Waals surface area contributed by atoms with E-state index in [1.165, 1.54) is 14.6 Å². The van der Waals surface area contributed by atoms with E-state index in [0.29, 0.717) is 11.3 Å². The Bertz CT molecular complexity index is 1310. The fourth-order valence-corrected chi connectivity index (χ4v) is 3.94. The minimum Gasteiger partial charge on any atom is -0.392 e. The van der Waals surface area contributed by atoms with Crippen LogP contribution >= 0.6 is 0 Å². The maximum absolute atomic E-state index is 13.1. The van der Waals surface area contributed by atoms with E-state index in [1.807, 2.05) is 56.3 Å². The summed E-state index contributed by atoms with van der Waals surface area (Å²) in [5, 5.41) is 17.5. The highest BCUT2D eigenvalue weighted by Crippen LogP contribution is 2.25. The van der Waals surface area contributed by atoms with E-state index in [1.54, 1.807) is 12.4 Å². The maximum Gasteiger partial charge on any atom is 0.277 e. The van der Waals surface area contributed by atoms with Crippen molar-refractivity contribution in [1.82, 2.24) is 19.5 Å². The molecule has 0 spiro atoms. The third kappa shape index (κ3) is 5.04. The molecule has 7 nitrogen and oxygen atoms in total. The Morgan fingerprint density at radius 1 is 1.09 bits per heavy atom. The number of aromatic nitrogens is 3. The Kier molecular flexibility index (Phi) is 6.70. The third-order valence-corrected chi connectivity index (χ3v) is 5.77. The molecule has 0 fully saturated rings. The molecule has 1 atom stereocenters. The molecule has 7 heteroatoms. The van der Waals surface area contributed by atoms with E-state index >= 15 is 0 Å². The number of nitrogens with one attached hydrogen (secondary N) is 1. The van der Waals surface area contributed by atoms with Crippen LogP contribution in [0.25, 0.3) is 16.8 Å². The van der Waals surface area contributed by atoms with Crippen LogP contribution in [0.5, 0.6) is 0 Å². The van der Waals surface area contributed by atoms with E-state index in [0.717, 1.165) is 24.0 Å². The number of benzene rings is 2. The van der Waals surface area contributed by atoms with Crippen LogP contribution in [-0.2, 0) is 24.4 Å². The number of aliphatic hydroxyl groups is 1. The first kappa shape index (κ1) is 22.5. The van der Waals surface area contributed by atoms with Crippen molar-refractivity contribution >= 4 is 11.4 Å². The summed E-state index contributed by atoms with van der Waals surface area (Å²) < 4.78 is 2.83. The van der Waals surface area contributed by atoms with E-state index in [4.69, 9.17) is 0 Å². The fraction of sp³-hybridized carbons (Fsp3) is 0.269. The fourth-order valence-electron chi connectivity index (χ4n) is 3.94. The Morgan fingerprint density at radius 2 is 1.82 bits per heavy atom. The van der Waals surface area contributed by atoms with Gasteiger partial charge in [-0.25, -0.2) is 4.52 Å². The Hall–Kier alpha value is -3.71. The van der Waals surface area contributed by atoms with Gasteiger partial charge in [0.05, 0.1) is 12.3 Å². The lowest BCUT2D eigenvalue weighted by molar-refractivity contribution is -0.122. The van der Waals surface area contributed by atoms with Crippen molar-refractivity contribution in [2.45, 2.75) is 45.9 Å². The van der Waals surface area contributed by atoms with E-state index < -0.39 is 0 Å². The second kappa shape index (κ2) is 9.83. The molecular weight excluding hydrogens is 416 g/mol. The molecule has 0 aliphatic carbocycles. The van der Waals surface area contributed by atoms with Crippen molar-refractivity contribution in [2.24, 2.45) is 0 Å². The molecule has 1 amide bonds. The third-order valence-electron chi connectivity index (χ3n) is 5.77. The summed E-state index contributed by atoms with van der Waals surface area (Å²) in [7, 11) is 0. The molecule has 0 aliphatic rings. The molecular formula is C26H28N4O3. The minimum atomic E-state index is -0.362. The van der Waals surface area contributed by atoms with E-state index in [-0.39, 0.29) is 36.2 Å². The molecule has 33 heavy (non-hydrogen) atoms. The number of hydrogen-bond donors (Lipinski definition) is 2. The molecule has 4 rings (SSSR count). The van der Waals surface area contributed by atoms with Gasteiger partial charge in [-0.3, -0.25) is 9.59 Å². The molecule has 2 aromatic heterocycles. The molecule has 4 aromatic rings. The van der Waals surface area contributed by atoms with Gasteiger partial charge in [0.15, 0.2) is 0 Å². The van der Waals surface area contributed by atoms with Gasteiger partial charge in [-0.15, -0.1) is 0 Å². The number of aryl methyl sites for hydroxylation is 2. The zero-order valence-electron chi connectivity index (χ0n) is 18.9. The zero-order valence-corrected chi connectivity index (χ0v) is 18.9. The lowest BCUT2D eigenvalue weighted by atomic mass is 10.1. The van der Waals surface area contributed by atoms with Crippen molar-refractivity contribution < 1.29 is 9.90 Å². The van der Waals surface area contributed by atoms with Gasteiger partial charge in [-0.2, -0.15) is 5.10 Å². The number of carbonyl (C=O) groups excluding carboxylic acids is 1. The van der Waals surface area contributed by atoms with Crippen LogP contribution in [-0.4, -0.2) is 31.2 Å². The first-order valence-electron chi connectivity index (χ1n) is 11.1. The van der Waals surface area contributed by atoms with Gasteiger partial charge >= 0.3 is 0 Å². The first-order valence-corrected chi connectivity index (χ1v) is 11.1. The highest BCUT2D eigenvalue weighted by Gasteiger charge is 2.18. The summed E-state index contributed by atoms with van der Waals surface area (Å²) in [6.07, 6.45) is 4.86. The Balaban J connectivity index is 1.51. The SMILES string of the molecule is Cc1ccc(-c2nn3ccn(CC(=O)N[C@@H](C)CCc4ccccc4)c(=O)c3c2CO)cc1. The van der Waals surface area contributed by atoms with Gasteiger partial charge in [0.25, 0.3) is 5.56 Å². The number of fused-ring (bicyclic) bond motifs is 1. The Morgan fingerprint density at radius 3 is 2.52 bits per heavy atom. The average Bonchev–Trinajstić information content (AvgIpc) is 3.20. The number of rotatable bonds is 8. The number of carbonyl (C=O) groups is 1. The summed E-state index contributed by atoms with van der Waals surface area (Å²) in [5.41, 5.74) is 4.09. The molecule has 2 N–H and O–H groups in total. The second-order valence-electron chi connectivity index (χ2n) is 8.37. The molecule has 0 radical (unpaired) electrons. The summed E-state index contributed by atoms with van der Waals surface area (Å²) in [5.74, 6) is -0.231. The molecule has 170 valence electrons. The lowest BCUT2D eigenvalue weighted by Crippen LogP contribution is -2.37. The quantitative estimate of drug-likeness (QED) is 0.437.